The quantitative estimate of drug-likeness (QED) is 0.698. The Labute approximate surface area is 157 Å². The molecule has 3 aromatic rings. The molecule has 0 spiro atoms. The number of furan rings is 1. The summed E-state index contributed by atoms with van der Waals surface area (Å²) in [5.74, 6) is 1.32. The molecule has 0 radical (unpaired) electrons. The zero-order valence-electron chi connectivity index (χ0n) is 15.3. The summed E-state index contributed by atoms with van der Waals surface area (Å²) in [6.07, 6.45) is 1.05. The molecule has 1 unspecified atom stereocenters. The first-order valence-electron chi connectivity index (χ1n) is 8.46. The molecule has 0 bridgehead atoms. The van der Waals surface area contributed by atoms with Crippen molar-refractivity contribution in [1.82, 2.24) is 10.3 Å². The Balaban J connectivity index is 1.61. The molecule has 1 atom stereocenters. The van der Waals surface area contributed by atoms with Crippen LogP contribution in [0.2, 0.25) is 0 Å². The second kappa shape index (κ2) is 7.74. The molecule has 5 nitrogen and oxygen atoms in total. The number of benzene rings is 1. The number of aromatic nitrogens is 1. The fourth-order valence-corrected chi connectivity index (χ4v) is 3.48. The van der Waals surface area contributed by atoms with Gasteiger partial charge >= 0.3 is 0 Å². The van der Waals surface area contributed by atoms with Crippen molar-refractivity contribution in [3.8, 4) is 16.5 Å². The summed E-state index contributed by atoms with van der Waals surface area (Å²) in [4.78, 5) is 17.9. The number of ether oxygens (including phenoxy) is 1. The van der Waals surface area contributed by atoms with Gasteiger partial charge in [0.1, 0.15) is 5.75 Å². The van der Waals surface area contributed by atoms with E-state index >= 15 is 0 Å². The zero-order chi connectivity index (χ0) is 18.7. The van der Waals surface area contributed by atoms with Crippen molar-refractivity contribution in [2.45, 2.75) is 40.3 Å². The van der Waals surface area contributed by atoms with Crippen molar-refractivity contribution < 1.29 is 13.9 Å². The summed E-state index contributed by atoms with van der Waals surface area (Å²) in [6, 6.07) is 9.55. The first kappa shape index (κ1) is 18.2. The van der Waals surface area contributed by atoms with Crippen LogP contribution >= 0.6 is 11.3 Å². The molecule has 2 heterocycles. The Morgan fingerprint density at radius 1 is 1.27 bits per heavy atom. The monoisotopic (exact) mass is 370 g/mol. The second-order valence-corrected chi connectivity index (χ2v) is 7.26. The lowest BCUT2D eigenvalue weighted by Gasteiger charge is -2.17. The summed E-state index contributed by atoms with van der Waals surface area (Å²) in [6.45, 7) is 8.12. The van der Waals surface area contributed by atoms with Gasteiger partial charge in [0.2, 0.25) is 0 Å². The van der Waals surface area contributed by atoms with E-state index in [-0.39, 0.29) is 5.91 Å². The van der Waals surface area contributed by atoms with E-state index < -0.39 is 6.10 Å². The number of hydrogen-bond acceptors (Lipinski definition) is 5. The Morgan fingerprint density at radius 2 is 2.08 bits per heavy atom. The smallest absolute Gasteiger partial charge is 0.261 e. The van der Waals surface area contributed by atoms with E-state index in [2.05, 4.69) is 10.3 Å². The predicted molar refractivity (Wildman–Crippen MR) is 102 cm³/mol. The minimum absolute atomic E-state index is 0.154. The number of carbonyl (C=O) groups excluding carboxylic acids is 1. The van der Waals surface area contributed by atoms with Gasteiger partial charge in [-0.25, -0.2) is 4.98 Å². The molecule has 1 aromatic carbocycles. The molecular weight excluding hydrogens is 348 g/mol. The van der Waals surface area contributed by atoms with E-state index in [4.69, 9.17) is 9.15 Å². The van der Waals surface area contributed by atoms with Gasteiger partial charge in [0.15, 0.2) is 16.9 Å². The van der Waals surface area contributed by atoms with Crippen molar-refractivity contribution in [2.75, 3.05) is 0 Å². The zero-order valence-corrected chi connectivity index (χ0v) is 16.1. The molecule has 3 rings (SSSR count). The van der Waals surface area contributed by atoms with Gasteiger partial charge in [-0.1, -0.05) is 12.1 Å². The lowest BCUT2D eigenvalue weighted by atomic mass is 10.1. The first-order valence-corrected chi connectivity index (χ1v) is 9.28. The van der Waals surface area contributed by atoms with Crippen molar-refractivity contribution in [3.63, 3.8) is 0 Å². The number of amides is 1. The maximum Gasteiger partial charge on any atom is 0.261 e. The fourth-order valence-electron chi connectivity index (χ4n) is 2.50. The molecule has 136 valence electrons. The molecule has 1 N–H and O–H groups in total. The van der Waals surface area contributed by atoms with Gasteiger partial charge in [0.05, 0.1) is 18.5 Å². The van der Waals surface area contributed by atoms with E-state index in [1.165, 1.54) is 11.3 Å². The lowest BCUT2D eigenvalue weighted by molar-refractivity contribution is -0.127. The third-order valence-electron chi connectivity index (χ3n) is 4.28. The van der Waals surface area contributed by atoms with E-state index in [9.17, 15) is 4.79 Å². The van der Waals surface area contributed by atoms with Crippen LogP contribution in [-0.4, -0.2) is 17.0 Å². The van der Waals surface area contributed by atoms with Crippen LogP contribution in [0.5, 0.6) is 5.75 Å². The standard InChI is InChI=1S/C20H22N2O3S/c1-12-7-5-8-16(13(12)2)25-15(4)19(23)21-11-18-14(3)22-20(26-18)17-9-6-10-24-17/h5-10,15H,11H2,1-4H3,(H,21,23). The van der Waals surface area contributed by atoms with Crippen LogP contribution in [0.3, 0.4) is 0 Å². The molecule has 0 aliphatic rings. The summed E-state index contributed by atoms with van der Waals surface area (Å²) in [5, 5.41) is 3.74. The van der Waals surface area contributed by atoms with E-state index in [1.54, 1.807) is 13.2 Å². The lowest BCUT2D eigenvalue weighted by Crippen LogP contribution is -2.36. The van der Waals surface area contributed by atoms with Crippen LogP contribution in [-0.2, 0) is 11.3 Å². The normalized spacial score (nSPS) is 12.0. The summed E-state index contributed by atoms with van der Waals surface area (Å²) in [7, 11) is 0. The van der Waals surface area contributed by atoms with Gasteiger partial charge in [-0.3, -0.25) is 4.79 Å². The molecule has 0 saturated carbocycles. The van der Waals surface area contributed by atoms with Crippen molar-refractivity contribution in [1.29, 1.82) is 0 Å². The third kappa shape index (κ3) is 3.96. The van der Waals surface area contributed by atoms with E-state index in [0.717, 1.165) is 38.2 Å². The van der Waals surface area contributed by atoms with Gasteiger partial charge in [-0.15, -0.1) is 11.3 Å². The number of carbonyl (C=O) groups is 1. The molecule has 26 heavy (non-hydrogen) atoms. The Morgan fingerprint density at radius 3 is 2.81 bits per heavy atom. The van der Waals surface area contributed by atoms with Gasteiger partial charge in [0.25, 0.3) is 5.91 Å². The largest absolute Gasteiger partial charge is 0.481 e. The summed E-state index contributed by atoms with van der Waals surface area (Å²) < 4.78 is 11.2. The predicted octanol–water partition coefficient (Wildman–Crippen LogP) is 4.41. The van der Waals surface area contributed by atoms with Crippen molar-refractivity contribution in [2.24, 2.45) is 0 Å². The van der Waals surface area contributed by atoms with Crippen LogP contribution in [0, 0.1) is 20.8 Å². The molecule has 0 saturated heterocycles. The SMILES string of the molecule is Cc1cccc(OC(C)C(=O)NCc2sc(-c3ccco3)nc2C)c1C. The number of nitrogens with one attached hydrogen (secondary N) is 1. The summed E-state index contributed by atoms with van der Waals surface area (Å²) in [5.41, 5.74) is 3.08. The van der Waals surface area contributed by atoms with Crippen LogP contribution < -0.4 is 10.1 Å². The molecule has 6 heteroatoms. The van der Waals surface area contributed by atoms with E-state index in [0.29, 0.717) is 6.54 Å². The van der Waals surface area contributed by atoms with Crippen LogP contribution in [0.25, 0.3) is 10.8 Å². The minimum atomic E-state index is -0.576. The van der Waals surface area contributed by atoms with Gasteiger partial charge in [-0.2, -0.15) is 0 Å². The Hall–Kier alpha value is -2.60. The van der Waals surface area contributed by atoms with Crippen LogP contribution in [0.4, 0.5) is 0 Å². The maximum atomic E-state index is 12.4. The molecule has 0 aliphatic carbocycles. The summed E-state index contributed by atoms with van der Waals surface area (Å²) >= 11 is 1.52. The van der Waals surface area contributed by atoms with E-state index in [1.807, 2.05) is 51.1 Å². The molecule has 0 aliphatic heterocycles. The van der Waals surface area contributed by atoms with Gasteiger partial charge < -0.3 is 14.5 Å². The molecule has 1 amide bonds. The third-order valence-corrected chi connectivity index (χ3v) is 5.45. The fraction of sp³-hybridized carbons (Fsp3) is 0.300. The first-order chi connectivity index (χ1) is 12.5. The number of nitrogens with zero attached hydrogens (tertiary/aromatic N) is 1. The molecule has 0 fully saturated rings. The minimum Gasteiger partial charge on any atom is -0.481 e. The number of thiazole rings is 1. The van der Waals surface area contributed by atoms with Gasteiger partial charge in [0, 0.05) is 4.88 Å². The van der Waals surface area contributed by atoms with Crippen molar-refractivity contribution in [3.05, 3.63) is 58.3 Å². The number of aryl methyl sites for hydroxylation is 2. The van der Waals surface area contributed by atoms with Crippen LogP contribution in [0.1, 0.15) is 28.6 Å². The highest BCUT2D eigenvalue weighted by Crippen LogP contribution is 2.28. The topological polar surface area (TPSA) is 64.4 Å². The highest BCUT2D eigenvalue weighted by atomic mass is 32.1. The number of hydrogen-bond donors (Lipinski definition) is 1. The molecule has 2 aromatic heterocycles. The second-order valence-electron chi connectivity index (χ2n) is 6.18. The Kier molecular flexibility index (Phi) is 5.42. The van der Waals surface area contributed by atoms with Crippen LogP contribution in [0.15, 0.2) is 41.0 Å². The average Bonchev–Trinajstić information content (AvgIpc) is 3.26. The van der Waals surface area contributed by atoms with Gasteiger partial charge in [-0.05, 0) is 57.0 Å². The van der Waals surface area contributed by atoms with Crippen molar-refractivity contribution >= 4 is 17.2 Å². The average molecular weight is 370 g/mol. The Bertz CT molecular complexity index is 900. The highest BCUT2D eigenvalue weighted by Gasteiger charge is 2.17. The maximum absolute atomic E-state index is 12.4. The number of rotatable bonds is 6. The molecular formula is C20H22N2O3S. The highest BCUT2D eigenvalue weighted by molar-refractivity contribution is 7.15.